The van der Waals surface area contributed by atoms with Gasteiger partial charge in [0.05, 0.1) is 24.3 Å². The number of alkyl halides is 1. The summed E-state index contributed by atoms with van der Waals surface area (Å²) in [6, 6.07) is 9.33. The maximum atomic E-state index is 14.1. The molecule has 14 heteroatoms. The van der Waals surface area contributed by atoms with E-state index in [-0.39, 0.29) is 11.6 Å². The molecule has 0 spiro atoms. The Bertz CT molecular complexity index is 1210. The van der Waals surface area contributed by atoms with Crippen LogP contribution in [-0.4, -0.2) is 68.6 Å². The topological polar surface area (TPSA) is 172 Å². The number of anilines is 1. The molecule has 0 bridgehead atoms. The molecule has 1 aromatic heterocycles. The molecule has 1 aliphatic heterocycles. The fraction of sp³-hybridized carbons (Fsp3) is 0.542. The van der Waals surface area contributed by atoms with Crippen LogP contribution in [-0.2, 0) is 23.4 Å². The number of carbonyl (C=O) groups is 1. The van der Waals surface area contributed by atoms with Gasteiger partial charge in [0, 0.05) is 6.20 Å². The zero-order chi connectivity index (χ0) is 28.3. The number of esters is 1. The van der Waals surface area contributed by atoms with Gasteiger partial charge in [0.2, 0.25) is 0 Å². The zero-order valence-electron chi connectivity index (χ0n) is 21.5. The molecular formula is C24H33FN3O9P. The van der Waals surface area contributed by atoms with Gasteiger partial charge in [-0.15, -0.1) is 0 Å². The van der Waals surface area contributed by atoms with E-state index in [9.17, 15) is 28.8 Å². The lowest BCUT2D eigenvalue weighted by atomic mass is 9.93. The van der Waals surface area contributed by atoms with Gasteiger partial charge >= 0.3 is 19.3 Å². The van der Waals surface area contributed by atoms with E-state index in [1.807, 2.05) is 0 Å². The van der Waals surface area contributed by atoms with E-state index in [4.69, 9.17) is 24.3 Å². The predicted molar refractivity (Wildman–Crippen MR) is 134 cm³/mol. The number of nitrogens with two attached hydrogens (primary N) is 1. The maximum Gasteiger partial charge on any atom is 0.380 e. The van der Waals surface area contributed by atoms with E-state index in [1.54, 1.807) is 32.0 Å². The molecule has 3 rings (SSSR count). The van der Waals surface area contributed by atoms with Gasteiger partial charge in [-0.2, -0.15) is 4.98 Å². The summed E-state index contributed by atoms with van der Waals surface area (Å²) in [5.74, 6) is -1.43. The number of aromatic nitrogens is 2. The summed E-state index contributed by atoms with van der Waals surface area (Å²) in [7, 11) is -4.15. The number of aliphatic hydroxyl groups excluding tert-OH is 1. The lowest BCUT2D eigenvalue weighted by Crippen LogP contribution is -2.51. The second-order valence-electron chi connectivity index (χ2n) is 9.46. The fourth-order valence-corrected chi connectivity index (χ4v) is 6.10. The largest absolute Gasteiger partial charge is 0.463 e. The van der Waals surface area contributed by atoms with Crippen LogP contribution in [0.5, 0.6) is 5.75 Å². The Balaban J connectivity index is 1.88. The van der Waals surface area contributed by atoms with Crippen molar-refractivity contribution in [1.29, 1.82) is 0 Å². The third kappa shape index (κ3) is 6.59. The molecule has 0 radical (unpaired) electrons. The highest BCUT2D eigenvalue weighted by molar-refractivity contribution is 7.54. The van der Waals surface area contributed by atoms with E-state index < -0.39 is 74.3 Å². The van der Waals surface area contributed by atoms with Crippen molar-refractivity contribution in [3.63, 3.8) is 0 Å². The molecule has 7 atom stereocenters. The van der Waals surface area contributed by atoms with Crippen molar-refractivity contribution in [3.05, 3.63) is 53.1 Å². The number of ether oxygens (including phenoxy) is 2. The fourth-order valence-electron chi connectivity index (χ4n) is 4.01. The third-order valence-electron chi connectivity index (χ3n) is 5.88. The number of hydrogen-bond acceptors (Lipinski definition) is 11. The van der Waals surface area contributed by atoms with Crippen LogP contribution in [0.1, 0.15) is 33.9 Å². The van der Waals surface area contributed by atoms with Gasteiger partial charge in [0.1, 0.15) is 30.4 Å². The number of carbonyl (C=O) groups excluding carboxylic acids is 1. The summed E-state index contributed by atoms with van der Waals surface area (Å²) in [5.41, 5.74) is 1.99. The molecular weight excluding hydrogens is 524 g/mol. The van der Waals surface area contributed by atoms with Crippen LogP contribution in [0.25, 0.3) is 0 Å². The monoisotopic (exact) mass is 557 g/mol. The summed E-state index contributed by atoms with van der Waals surface area (Å²) in [5, 5.41) is 21.8. The summed E-state index contributed by atoms with van der Waals surface area (Å²) >= 11 is 0. The quantitative estimate of drug-likeness (QED) is 0.273. The number of rotatable bonds is 11. The van der Waals surface area contributed by atoms with Crippen molar-refractivity contribution in [2.24, 2.45) is 5.92 Å². The lowest BCUT2D eigenvalue weighted by Gasteiger charge is -2.30. The Labute approximate surface area is 219 Å². The van der Waals surface area contributed by atoms with E-state index in [0.717, 1.165) is 10.8 Å². The van der Waals surface area contributed by atoms with Crippen LogP contribution in [0.3, 0.4) is 0 Å². The summed E-state index contributed by atoms with van der Waals surface area (Å²) in [6.07, 6.45) is -5.99. The second kappa shape index (κ2) is 11.9. The number of halogens is 1. The molecule has 1 saturated heterocycles. The Morgan fingerprint density at radius 3 is 2.50 bits per heavy atom. The van der Waals surface area contributed by atoms with Gasteiger partial charge in [-0.05, 0) is 39.0 Å². The average molecular weight is 558 g/mol. The molecule has 0 saturated carbocycles. The molecule has 2 aromatic rings. The molecule has 1 aromatic carbocycles. The molecule has 1 unspecified atom stereocenters. The van der Waals surface area contributed by atoms with Crippen molar-refractivity contribution in [1.82, 2.24) is 9.55 Å². The minimum atomic E-state index is -4.15. The number of aliphatic hydroxyl groups is 2. The Kier molecular flexibility index (Phi) is 9.32. The van der Waals surface area contributed by atoms with E-state index in [2.05, 4.69) is 4.98 Å². The smallest absolute Gasteiger partial charge is 0.380 e. The molecule has 38 heavy (non-hydrogen) atoms. The number of para-hydroxylation sites is 1. The van der Waals surface area contributed by atoms with Crippen LogP contribution in [0, 0.1) is 5.92 Å². The second-order valence-corrected chi connectivity index (χ2v) is 11.4. The van der Waals surface area contributed by atoms with Crippen molar-refractivity contribution < 1.29 is 42.5 Å². The summed E-state index contributed by atoms with van der Waals surface area (Å²) in [4.78, 5) is 28.3. The normalized spacial score (nSPS) is 26.5. The lowest BCUT2D eigenvalue weighted by molar-refractivity contribution is -0.151. The molecule has 1 aliphatic rings. The predicted octanol–water partition coefficient (Wildman–Crippen LogP) is 2.05. The van der Waals surface area contributed by atoms with E-state index >= 15 is 0 Å². The van der Waals surface area contributed by atoms with Gasteiger partial charge in [0.15, 0.2) is 11.8 Å². The minimum absolute atomic E-state index is 0.106. The first-order valence-corrected chi connectivity index (χ1v) is 13.7. The Morgan fingerprint density at radius 2 is 1.92 bits per heavy atom. The highest BCUT2D eigenvalue weighted by Gasteiger charge is 2.59. The number of hydrogen-bond donors (Lipinski definition) is 3. The van der Waals surface area contributed by atoms with Crippen molar-refractivity contribution >= 4 is 19.4 Å². The minimum Gasteiger partial charge on any atom is -0.463 e. The Morgan fingerprint density at radius 1 is 1.26 bits per heavy atom. The molecule has 2 heterocycles. The van der Waals surface area contributed by atoms with Crippen LogP contribution >= 0.6 is 7.60 Å². The van der Waals surface area contributed by atoms with Crippen LogP contribution in [0.15, 0.2) is 47.4 Å². The van der Waals surface area contributed by atoms with Crippen LogP contribution < -0.4 is 15.9 Å². The molecule has 4 N–H and O–H groups in total. The third-order valence-corrected chi connectivity index (χ3v) is 8.02. The Hall–Kier alpha value is -2.83. The van der Waals surface area contributed by atoms with Crippen LogP contribution in [0.4, 0.5) is 10.2 Å². The summed E-state index contributed by atoms with van der Waals surface area (Å²) in [6.45, 7) is 4.73. The number of nitrogen functional groups attached to an aromatic ring is 1. The number of nitrogens with zero attached hydrogens (tertiary/aromatic N) is 2. The first-order valence-electron chi connectivity index (χ1n) is 12.0. The van der Waals surface area contributed by atoms with Crippen molar-refractivity contribution in [3.8, 4) is 5.75 Å². The SMILES string of the molecule is CC(C)OC(=O)[C@H](C)C[P@@](=O)(Oc1ccccc1)O[C@H](C)[C@H]1O[C@@H](n2ccc(N)nc2=O)C(O)(CF)[C@H]1O. The van der Waals surface area contributed by atoms with E-state index in [1.165, 1.54) is 32.0 Å². The molecule has 12 nitrogen and oxygen atoms in total. The molecule has 0 aliphatic carbocycles. The highest BCUT2D eigenvalue weighted by atomic mass is 31.2. The number of benzene rings is 1. The van der Waals surface area contributed by atoms with Gasteiger partial charge in [-0.3, -0.25) is 13.9 Å². The first kappa shape index (κ1) is 29.7. The van der Waals surface area contributed by atoms with Gasteiger partial charge in [-0.25, -0.2) is 13.8 Å². The highest BCUT2D eigenvalue weighted by Crippen LogP contribution is 2.53. The molecule has 0 amide bonds. The van der Waals surface area contributed by atoms with E-state index in [0.29, 0.717) is 0 Å². The van der Waals surface area contributed by atoms with Crippen molar-refractivity contribution in [2.45, 2.75) is 63.9 Å². The molecule has 1 fully saturated rings. The maximum absolute atomic E-state index is 14.1. The molecule has 210 valence electrons. The zero-order valence-corrected chi connectivity index (χ0v) is 22.4. The van der Waals surface area contributed by atoms with Crippen molar-refractivity contribution in [2.75, 3.05) is 18.6 Å². The average Bonchev–Trinajstić information content (AvgIpc) is 3.10. The first-order chi connectivity index (χ1) is 17.8. The van der Waals surface area contributed by atoms with Gasteiger partial charge in [-0.1, -0.05) is 25.1 Å². The standard InChI is InChI=1S/C24H33FN3O9P/c1-14(2)34-21(30)15(3)12-38(33,37-17-8-6-5-7-9-17)36-16(4)19-20(29)24(32,13-25)22(35-19)28-11-10-18(26)27-23(28)31/h5-11,14-16,19-20,22,29,32H,12-13H2,1-4H3,(H2,26,27,31)/t15-,16-,19-,20+,22-,24?,38+/m1/s1. The van der Waals surface area contributed by atoms with Gasteiger partial charge < -0.3 is 29.9 Å². The van der Waals surface area contributed by atoms with Crippen LogP contribution in [0.2, 0.25) is 0 Å². The summed E-state index contributed by atoms with van der Waals surface area (Å²) < 4.78 is 51.2. The van der Waals surface area contributed by atoms with Gasteiger partial charge in [0.25, 0.3) is 0 Å².